The smallest absolute Gasteiger partial charge is 0.128 e. The van der Waals surface area contributed by atoms with E-state index in [1.807, 2.05) is 12.3 Å². The van der Waals surface area contributed by atoms with Crippen molar-refractivity contribution in [1.82, 2.24) is 9.88 Å². The van der Waals surface area contributed by atoms with E-state index < -0.39 is 0 Å². The van der Waals surface area contributed by atoms with Crippen LogP contribution in [0.25, 0.3) is 0 Å². The predicted octanol–water partition coefficient (Wildman–Crippen LogP) is 3.44. The second-order valence-corrected chi connectivity index (χ2v) is 7.33. The highest BCUT2D eigenvalue weighted by Gasteiger charge is 2.17. The summed E-state index contributed by atoms with van der Waals surface area (Å²) in [4.78, 5) is 14.2. The lowest BCUT2D eigenvalue weighted by Gasteiger charge is -2.35. The van der Waals surface area contributed by atoms with Crippen LogP contribution in [0.5, 0.6) is 0 Å². The Hall–Kier alpha value is -2.40. The van der Waals surface area contributed by atoms with E-state index in [1.54, 1.807) is 0 Å². The molecule has 0 amide bonds. The van der Waals surface area contributed by atoms with Gasteiger partial charge in [-0.1, -0.05) is 24.3 Å². The number of fused-ring (bicyclic) bond motifs is 1. The average molecular weight is 364 g/mol. The lowest BCUT2D eigenvalue weighted by molar-refractivity contribution is 0.253. The van der Waals surface area contributed by atoms with E-state index in [9.17, 15) is 0 Å². The molecule has 0 saturated carbocycles. The van der Waals surface area contributed by atoms with Gasteiger partial charge in [-0.2, -0.15) is 0 Å². The number of aromatic nitrogens is 1. The van der Waals surface area contributed by atoms with Crippen LogP contribution in [0.3, 0.4) is 0 Å². The zero-order chi connectivity index (χ0) is 18.3. The van der Waals surface area contributed by atoms with E-state index in [1.165, 1.54) is 24.2 Å². The Morgan fingerprint density at radius 2 is 1.78 bits per heavy atom. The van der Waals surface area contributed by atoms with Crippen LogP contribution in [0, 0.1) is 0 Å². The molecule has 4 rings (SSSR count). The fourth-order valence-corrected chi connectivity index (χ4v) is 3.85. The molecule has 1 saturated heterocycles. The number of hydrogen-bond donors (Lipinski definition) is 1. The lowest BCUT2D eigenvalue weighted by Crippen LogP contribution is -2.46. The Kier molecular flexibility index (Phi) is 5.99. The van der Waals surface area contributed by atoms with Gasteiger partial charge in [0.05, 0.1) is 0 Å². The average Bonchev–Trinajstić information content (AvgIpc) is 2.74. The maximum atomic E-state index is 4.79. The number of anilines is 2. The van der Waals surface area contributed by atoms with Crippen molar-refractivity contribution >= 4 is 17.3 Å². The summed E-state index contributed by atoms with van der Waals surface area (Å²) in [6.07, 6.45) is 6.39. The molecule has 2 aliphatic rings. The van der Waals surface area contributed by atoms with E-state index in [2.05, 4.69) is 56.5 Å². The summed E-state index contributed by atoms with van der Waals surface area (Å²) < 4.78 is 0. The minimum Gasteiger partial charge on any atom is -0.354 e. The number of benzene rings is 1. The molecule has 5 heteroatoms. The van der Waals surface area contributed by atoms with E-state index >= 15 is 0 Å². The minimum absolute atomic E-state index is 0.929. The molecule has 1 aromatic heterocycles. The second-order valence-electron chi connectivity index (χ2n) is 7.33. The maximum absolute atomic E-state index is 4.79. The van der Waals surface area contributed by atoms with Crippen molar-refractivity contribution < 1.29 is 0 Å². The molecule has 1 aromatic carbocycles. The largest absolute Gasteiger partial charge is 0.354 e. The fourth-order valence-electron chi connectivity index (χ4n) is 3.85. The molecule has 0 atom stereocenters. The van der Waals surface area contributed by atoms with Gasteiger partial charge < -0.3 is 10.2 Å². The first kappa shape index (κ1) is 18.0. The minimum atomic E-state index is 0.929. The van der Waals surface area contributed by atoms with Gasteiger partial charge in [0.15, 0.2) is 0 Å². The highest BCUT2D eigenvalue weighted by atomic mass is 15.3. The van der Waals surface area contributed by atoms with Gasteiger partial charge in [0.25, 0.3) is 0 Å². The zero-order valence-electron chi connectivity index (χ0n) is 16.0. The second kappa shape index (κ2) is 9.00. The van der Waals surface area contributed by atoms with Gasteiger partial charge in [-0.3, -0.25) is 9.89 Å². The number of aliphatic imine (C=N–C) groups is 1. The van der Waals surface area contributed by atoms with E-state index in [0.29, 0.717) is 0 Å². The molecule has 5 nitrogen and oxygen atoms in total. The number of nitrogens with one attached hydrogen (secondary N) is 1. The molecule has 0 aliphatic carbocycles. The van der Waals surface area contributed by atoms with Gasteiger partial charge in [-0.25, -0.2) is 4.98 Å². The summed E-state index contributed by atoms with van der Waals surface area (Å²) in [7, 11) is 0. The molecular formula is C22H29N5. The van der Waals surface area contributed by atoms with Crippen LogP contribution in [0.2, 0.25) is 0 Å². The van der Waals surface area contributed by atoms with E-state index in [4.69, 9.17) is 4.99 Å². The molecular weight excluding hydrogens is 334 g/mol. The lowest BCUT2D eigenvalue weighted by atomic mass is 10.0. The number of piperazine rings is 1. The number of amidine groups is 1. The van der Waals surface area contributed by atoms with E-state index in [0.717, 1.165) is 63.6 Å². The van der Waals surface area contributed by atoms with E-state index in [-0.39, 0.29) is 0 Å². The Morgan fingerprint density at radius 3 is 2.63 bits per heavy atom. The van der Waals surface area contributed by atoms with Gasteiger partial charge in [0.2, 0.25) is 0 Å². The molecule has 27 heavy (non-hydrogen) atoms. The van der Waals surface area contributed by atoms with Crippen LogP contribution in [-0.2, 0) is 6.42 Å². The first-order valence-electron chi connectivity index (χ1n) is 10.1. The summed E-state index contributed by atoms with van der Waals surface area (Å²) in [6.45, 7) is 6.51. The summed E-state index contributed by atoms with van der Waals surface area (Å²) in [5.74, 6) is 2.26. The molecule has 1 N–H and O–H groups in total. The number of unbranched alkanes of at least 4 members (excludes halogenated alkanes) is 1. The molecule has 0 radical (unpaired) electrons. The summed E-state index contributed by atoms with van der Waals surface area (Å²) in [5.41, 5.74) is 2.63. The molecule has 0 spiro atoms. The number of aryl methyl sites for hydroxylation is 1. The van der Waals surface area contributed by atoms with Crippen LogP contribution in [0.4, 0.5) is 11.5 Å². The third-order valence-corrected chi connectivity index (χ3v) is 5.46. The molecule has 142 valence electrons. The van der Waals surface area contributed by atoms with Crippen LogP contribution in [0.1, 0.15) is 24.8 Å². The number of rotatable bonds is 6. The maximum Gasteiger partial charge on any atom is 0.128 e. The van der Waals surface area contributed by atoms with Gasteiger partial charge in [0, 0.05) is 51.0 Å². The van der Waals surface area contributed by atoms with Crippen molar-refractivity contribution in [3.63, 3.8) is 0 Å². The van der Waals surface area contributed by atoms with Crippen molar-refractivity contribution in [3.8, 4) is 0 Å². The van der Waals surface area contributed by atoms with Gasteiger partial charge in [0.1, 0.15) is 11.7 Å². The van der Waals surface area contributed by atoms with Gasteiger partial charge in [-0.15, -0.1) is 0 Å². The normalized spacial score (nSPS) is 19.0. The first-order valence-corrected chi connectivity index (χ1v) is 10.1. The molecule has 0 bridgehead atoms. The first-order chi connectivity index (χ1) is 13.4. The van der Waals surface area contributed by atoms with Crippen LogP contribution in [-0.4, -0.2) is 55.0 Å². The Morgan fingerprint density at radius 1 is 0.926 bits per heavy atom. The van der Waals surface area contributed by atoms with Crippen molar-refractivity contribution in [2.75, 3.05) is 49.5 Å². The van der Waals surface area contributed by atoms with Gasteiger partial charge in [-0.05, 0) is 49.6 Å². The number of nitrogens with zero attached hydrogens (tertiary/aromatic N) is 4. The summed E-state index contributed by atoms with van der Waals surface area (Å²) in [6, 6.07) is 14.7. The van der Waals surface area contributed by atoms with Crippen molar-refractivity contribution in [3.05, 3.63) is 54.2 Å². The highest BCUT2D eigenvalue weighted by molar-refractivity contribution is 5.98. The summed E-state index contributed by atoms with van der Waals surface area (Å²) >= 11 is 0. The van der Waals surface area contributed by atoms with Crippen molar-refractivity contribution in [2.24, 2.45) is 4.99 Å². The number of para-hydroxylation sites is 1. The molecule has 3 heterocycles. The molecule has 2 aromatic rings. The van der Waals surface area contributed by atoms with Crippen molar-refractivity contribution in [1.29, 1.82) is 0 Å². The van der Waals surface area contributed by atoms with Crippen LogP contribution >= 0.6 is 0 Å². The zero-order valence-corrected chi connectivity index (χ0v) is 16.0. The third-order valence-electron chi connectivity index (χ3n) is 5.46. The monoisotopic (exact) mass is 363 g/mol. The Labute approximate surface area is 162 Å². The van der Waals surface area contributed by atoms with Crippen LogP contribution < -0.4 is 10.2 Å². The quantitative estimate of drug-likeness (QED) is 0.799. The third kappa shape index (κ3) is 4.86. The van der Waals surface area contributed by atoms with Crippen molar-refractivity contribution in [2.45, 2.75) is 25.7 Å². The Balaban J connectivity index is 1.14. The fraction of sp³-hybridized carbons (Fsp3) is 0.455. The van der Waals surface area contributed by atoms with Crippen LogP contribution in [0.15, 0.2) is 53.7 Å². The highest BCUT2D eigenvalue weighted by Crippen LogP contribution is 2.22. The summed E-state index contributed by atoms with van der Waals surface area (Å²) in [5, 5.41) is 3.49. The van der Waals surface area contributed by atoms with Gasteiger partial charge >= 0.3 is 0 Å². The predicted molar refractivity (Wildman–Crippen MR) is 113 cm³/mol. The molecule has 2 aliphatic heterocycles. The standard InChI is InChI=1S/C22H29N5/c1-2-8-20-19(7-1)10-11-21(25-20)23-12-5-6-14-26-15-17-27(18-16-26)22-9-3-4-13-24-22/h1-4,7-9,13H,5-6,10-12,14-18H2,(H,23,25). The number of hydrogen-bond acceptors (Lipinski definition) is 4. The molecule has 1 fully saturated rings. The molecule has 0 unspecified atom stereocenters. The Bertz CT molecular complexity index is 750. The topological polar surface area (TPSA) is 43.8 Å². The number of pyridine rings is 1. The SMILES string of the molecule is c1ccc(N2CCN(CCCCN=C3CCc4ccccc4N3)CC2)nc1.